The molecule has 1 atom stereocenters. The highest BCUT2D eigenvalue weighted by molar-refractivity contribution is 5.81. The smallest absolute Gasteiger partial charge is 0.328 e. The van der Waals surface area contributed by atoms with Gasteiger partial charge in [-0.1, -0.05) is 0 Å². The fraction of sp³-hybridized carbons (Fsp3) is 0.667. The van der Waals surface area contributed by atoms with Crippen molar-refractivity contribution in [2.45, 2.75) is 45.9 Å². The average Bonchev–Trinajstić information content (AvgIpc) is 2.72. The summed E-state index contributed by atoms with van der Waals surface area (Å²) in [7, 11) is 0. The minimum absolute atomic E-state index is 0.00169. The first-order chi connectivity index (χ1) is 15.9. The molecule has 0 spiro atoms. The quantitative estimate of drug-likeness (QED) is 0.190. The number of aliphatic carboxylic acids is 1. The summed E-state index contributed by atoms with van der Waals surface area (Å²) in [6, 6.07) is -0.695. The van der Waals surface area contributed by atoms with Crippen molar-refractivity contribution in [3.8, 4) is 0 Å². The zero-order valence-electron chi connectivity index (χ0n) is 20.0. The monoisotopic (exact) mass is 486 g/mol. The number of hydrogen-bond acceptors (Lipinski definition) is 8. The molecule has 1 unspecified atom stereocenters. The number of aromatic amines is 1. The van der Waals surface area contributed by atoms with Gasteiger partial charge in [-0.25, -0.2) is 4.79 Å². The second kappa shape index (κ2) is 14.3. The lowest BCUT2D eigenvalue weighted by molar-refractivity contribution is -0.145. The molecule has 34 heavy (non-hydrogen) atoms. The third-order valence-electron chi connectivity index (χ3n) is 4.37. The number of amides is 2. The molecule has 3 N–H and O–H groups in total. The summed E-state index contributed by atoms with van der Waals surface area (Å²) < 4.78 is 17.4. The molecule has 1 heterocycles. The minimum Gasteiger partial charge on any atom is -0.480 e. The zero-order valence-corrected chi connectivity index (χ0v) is 20.0. The Morgan fingerprint density at radius 3 is 2.47 bits per heavy atom. The average molecular weight is 487 g/mol. The Kier molecular flexibility index (Phi) is 12.2. The number of aromatic nitrogens is 2. The minimum atomic E-state index is -1.27. The van der Waals surface area contributed by atoms with Gasteiger partial charge >= 0.3 is 11.7 Å². The van der Waals surface area contributed by atoms with E-state index >= 15 is 0 Å². The van der Waals surface area contributed by atoms with Gasteiger partial charge < -0.3 is 29.5 Å². The third kappa shape index (κ3) is 11.7. The summed E-state index contributed by atoms with van der Waals surface area (Å²) in [6.45, 7) is 7.31. The number of hydrogen-bond donors (Lipinski definition) is 3. The van der Waals surface area contributed by atoms with Crippen LogP contribution in [0.1, 0.15) is 26.3 Å². The van der Waals surface area contributed by atoms with Gasteiger partial charge in [0.05, 0.1) is 44.7 Å². The number of carboxylic acids is 1. The summed E-state index contributed by atoms with van der Waals surface area (Å²) in [4.78, 5) is 61.4. The van der Waals surface area contributed by atoms with Crippen molar-refractivity contribution in [3.05, 3.63) is 32.6 Å². The molecule has 0 aliphatic rings. The van der Waals surface area contributed by atoms with Gasteiger partial charge in [-0.05, 0) is 27.7 Å². The second-order valence-electron chi connectivity index (χ2n) is 8.50. The van der Waals surface area contributed by atoms with Gasteiger partial charge in [0.1, 0.15) is 13.1 Å². The van der Waals surface area contributed by atoms with Crippen LogP contribution >= 0.6 is 0 Å². The lowest BCUT2D eigenvalue weighted by Crippen LogP contribution is -2.49. The molecule has 0 fully saturated rings. The van der Waals surface area contributed by atoms with Crippen LogP contribution in [0.5, 0.6) is 0 Å². The predicted molar refractivity (Wildman–Crippen MR) is 121 cm³/mol. The number of aryl methyl sites for hydroxylation is 1. The van der Waals surface area contributed by atoms with Gasteiger partial charge in [0, 0.05) is 18.3 Å². The molecule has 0 aliphatic carbocycles. The van der Waals surface area contributed by atoms with Gasteiger partial charge in [-0.3, -0.25) is 28.7 Å². The fourth-order valence-corrected chi connectivity index (χ4v) is 2.77. The van der Waals surface area contributed by atoms with Gasteiger partial charge in [-0.15, -0.1) is 0 Å². The van der Waals surface area contributed by atoms with E-state index in [1.807, 2.05) is 20.8 Å². The molecule has 0 saturated carbocycles. The Morgan fingerprint density at radius 2 is 1.85 bits per heavy atom. The highest BCUT2D eigenvalue weighted by Crippen LogP contribution is 2.05. The fourth-order valence-electron chi connectivity index (χ4n) is 2.77. The number of carbonyl (C=O) groups excluding carboxylic acids is 2. The maximum atomic E-state index is 12.7. The summed E-state index contributed by atoms with van der Waals surface area (Å²) >= 11 is 0. The van der Waals surface area contributed by atoms with Crippen LogP contribution in [0.4, 0.5) is 0 Å². The molecule has 0 aliphatic heterocycles. The molecule has 192 valence electrons. The molecule has 0 aromatic carbocycles. The Morgan fingerprint density at radius 1 is 1.21 bits per heavy atom. The van der Waals surface area contributed by atoms with Crippen molar-refractivity contribution in [1.29, 1.82) is 0 Å². The van der Waals surface area contributed by atoms with E-state index in [4.69, 9.17) is 14.2 Å². The highest BCUT2D eigenvalue weighted by Gasteiger charge is 2.22. The van der Waals surface area contributed by atoms with Crippen molar-refractivity contribution in [2.75, 3.05) is 46.1 Å². The lowest BCUT2D eigenvalue weighted by Gasteiger charge is -2.26. The van der Waals surface area contributed by atoms with Crippen LogP contribution in [-0.2, 0) is 35.1 Å². The normalized spacial score (nSPS) is 12.2. The zero-order chi connectivity index (χ0) is 25.7. The summed E-state index contributed by atoms with van der Waals surface area (Å²) in [5, 5.41) is 11.7. The van der Waals surface area contributed by atoms with Crippen molar-refractivity contribution in [2.24, 2.45) is 0 Å². The van der Waals surface area contributed by atoms with E-state index in [0.29, 0.717) is 19.6 Å². The largest absolute Gasteiger partial charge is 0.480 e. The van der Waals surface area contributed by atoms with Crippen molar-refractivity contribution in [1.82, 2.24) is 19.8 Å². The lowest BCUT2D eigenvalue weighted by atomic mass is 10.2. The first kappa shape index (κ1) is 29.0. The molecule has 13 nitrogen and oxygen atoms in total. The summed E-state index contributed by atoms with van der Waals surface area (Å²) in [5.74, 6) is -1.95. The first-order valence-electron chi connectivity index (χ1n) is 10.7. The molecule has 1 aromatic rings. The van der Waals surface area contributed by atoms with E-state index in [2.05, 4.69) is 10.3 Å². The molecule has 13 heteroatoms. The number of nitrogens with zero attached hydrogens (tertiary/aromatic N) is 2. The van der Waals surface area contributed by atoms with E-state index < -0.39 is 42.3 Å². The van der Waals surface area contributed by atoms with Crippen LogP contribution in [0.3, 0.4) is 0 Å². The number of carboxylic acid groups (broad SMARTS) is 1. The number of carbonyl (C=O) groups is 3. The molecular formula is C21H34N4O9. The van der Waals surface area contributed by atoms with Gasteiger partial charge in [0.25, 0.3) is 5.56 Å². The Bertz CT molecular complexity index is 920. The van der Waals surface area contributed by atoms with Crippen LogP contribution in [0.15, 0.2) is 15.8 Å². The SMILES string of the molecule is Cc1cn(CC(=O)N(CC(=O)O)CC(COCCOCCOC(C)(C)C)NC=O)c(=O)[nH]c1=O. The molecular weight excluding hydrogens is 452 g/mol. The third-order valence-corrected chi connectivity index (χ3v) is 4.37. The Balaban J connectivity index is 2.63. The number of H-pyrrole nitrogens is 1. The van der Waals surface area contributed by atoms with Crippen LogP contribution in [0.2, 0.25) is 0 Å². The maximum Gasteiger partial charge on any atom is 0.328 e. The van der Waals surface area contributed by atoms with Gasteiger partial charge in [-0.2, -0.15) is 0 Å². The molecule has 0 bridgehead atoms. The Labute approximate surface area is 197 Å². The molecule has 1 aromatic heterocycles. The number of ether oxygens (including phenoxy) is 3. The second-order valence-corrected chi connectivity index (χ2v) is 8.50. The standard InChI is InChI=1S/C21H34N4O9/c1-15-9-25(20(31)23-19(15)30)11-17(27)24(12-18(28)29)10-16(22-14-26)13-33-6-5-32-7-8-34-21(2,3)4/h9,14,16H,5-8,10-13H2,1-4H3,(H,22,26)(H,28,29)(H,23,30,31). The van der Waals surface area contributed by atoms with Crippen molar-refractivity contribution in [3.63, 3.8) is 0 Å². The predicted octanol–water partition coefficient (Wildman–Crippen LogP) is -1.28. The van der Waals surface area contributed by atoms with Crippen LogP contribution in [0, 0.1) is 6.92 Å². The summed E-state index contributed by atoms with van der Waals surface area (Å²) in [5.41, 5.74) is -1.40. The number of nitrogens with one attached hydrogen (secondary N) is 2. The molecule has 0 saturated heterocycles. The van der Waals surface area contributed by atoms with Gasteiger partial charge in [0.2, 0.25) is 12.3 Å². The van der Waals surface area contributed by atoms with Crippen LogP contribution in [0.25, 0.3) is 0 Å². The number of rotatable bonds is 16. The Hall–Kier alpha value is -3.03. The van der Waals surface area contributed by atoms with E-state index in [0.717, 1.165) is 9.47 Å². The maximum absolute atomic E-state index is 12.7. The topological polar surface area (TPSA) is 169 Å². The van der Waals surface area contributed by atoms with E-state index in [1.54, 1.807) is 0 Å². The van der Waals surface area contributed by atoms with Crippen LogP contribution in [-0.4, -0.2) is 95.6 Å². The van der Waals surface area contributed by atoms with E-state index in [1.165, 1.54) is 13.1 Å². The van der Waals surface area contributed by atoms with Crippen molar-refractivity contribution < 1.29 is 33.7 Å². The first-order valence-corrected chi connectivity index (χ1v) is 10.7. The van der Waals surface area contributed by atoms with Crippen LogP contribution < -0.4 is 16.6 Å². The van der Waals surface area contributed by atoms with E-state index in [-0.39, 0.29) is 37.5 Å². The van der Waals surface area contributed by atoms with Gasteiger partial charge in [0.15, 0.2) is 0 Å². The summed E-state index contributed by atoms with van der Waals surface area (Å²) in [6.07, 6.45) is 1.64. The van der Waals surface area contributed by atoms with Crippen molar-refractivity contribution >= 4 is 18.3 Å². The molecule has 1 rings (SSSR count). The highest BCUT2D eigenvalue weighted by atomic mass is 16.5. The molecule has 0 radical (unpaired) electrons. The molecule has 2 amide bonds. The van der Waals surface area contributed by atoms with E-state index in [9.17, 15) is 29.1 Å².